The van der Waals surface area contributed by atoms with Crippen LogP contribution >= 0.6 is 0 Å². The topological polar surface area (TPSA) is 82.3 Å². The van der Waals surface area contributed by atoms with Crippen molar-refractivity contribution in [1.82, 2.24) is 10.6 Å². The number of benzene rings is 3. The van der Waals surface area contributed by atoms with Crippen molar-refractivity contribution in [2.75, 3.05) is 10.6 Å². The molecule has 4 N–H and O–H groups in total. The molecule has 0 aromatic heterocycles. The fourth-order valence-corrected chi connectivity index (χ4v) is 5.89. The first kappa shape index (κ1) is 27.8. The fourth-order valence-electron chi connectivity index (χ4n) is 5.89. The van der Waals surface area contributed by atoms with E-state index in [1.165, 1.54) is 38.5 Å². The van der Waals surface area contributed by atoms with Crippen LogP contribution in [0.3, 0.4) is 0 Å². The van der Waals surface area contributed by atoms with Gasteiger partial charge >= 0.3 is 0 Å². The molecule has 6 heteroatoms. The molecular formula is C34H42N4O2. The minimum Gasteiger partial charge on any atom is -0.355 e. The molecular weight excluding hydrogens is 496 g/mol. The molecule has 0 aliphatic heterocycles. The predicted octanol–water partition coefficient (Wildman–Crippen LogP) is 7.92. The summed E-state index contributed by atoms with van der Waals surface area (Å²) in [5, 5.41) is 13.4. The minimum absolute atomic E-state index is 0.0221. The van der Waals surface area contributed by atoms with E-state index in [4.69, 9.17) is 0 Å². The monoisotopic (exact) mass is 538 g/mol. The largest absolute Gasteiger partial charge is 0.355 e. The van der Waals surface area contributed by atoms with E-state index < -0.39 is 0 Å². The number of aryl methyl sites for hydroxylation is 2. The molecule has 5 rings (SSSR count). The zero-order valence-electron chi connectivity index (χ0n) is 23.8. The Morgan fingerprint density at radius 1 is 0.550 bits per heavy atom. The molecule has 0 heterocycles. The van der Waals surface area contributed by atoms with E-state index in [0.717, 1.165) is 59.6 Å². The maximum atomic E-state index is 13.1. The average Bonchev–Trinajstić information content (AvgIpc) is 2.95. The summed E-state index contributed by atoms with van der Waals surface area (Å²) in [6.07, 6.45) is 11.5. The van der Waals surface area contributed by atoms with E-state index in [-0.39, 0.29) is 23.9 Å². The summed E-state index contributed by atoms with van der Waals surface area (Å²) in [4.78, 5) is 26.3. The van der Waals surface area contributed by atoms with Gasteiger partial charge in [-0.2, -0.15) is 0 Å². The Labute approximate surface area is 238 Å². The Morgan fingerprint density at radius 3 is 1.30 bits per heavy atom. The second kappa shape index (κ2) is 13.0. The van der Waals surface area contributed by atoms with Crippen molar-refractivity contribution in [3.05, 3.63) is 82.9 Å². The van der Waals surface area contributed by atoms with Crippen molar-refractivity contribution < 1.29 is 9.59 Å². The van der Waals surface area contributed by atoms with Gasteiger partial charge in [-0.15, -0.1) is 0 Å². The van der Waals surface area contributed by atoms with Gasteiger partial charge in [0.05, 0.1) is 22.5 Å². The summed E-state index contributed by atoms with van der Waals surface area (Å²) in [5.41, 5.74) is 6.88. The smallest absolute Gasteiger partial charge is 0.253 e. The summed E-state index contributed by atoms with van der Waals surface area (Å²) in [6, 6.07) is 20.3. The summed E-state index contributed by atoms with van der Waals surface area (Å²) < 4.78 is 0. The molecule has 2 amide bonds. The number of hydrogen-bond donors (Lipinski definition) is 4. The van der Waals surface area contributed by atoms with Crippen molar-refractivity contribution >= 4 is 34.6 Å². The van der Waals surface area contributed by atoms with Gasteiger partial charge in [-0.1, -0.05) is 50.7 Å². The van der Waals surface area contributed by atoms with Crippen molar-refractivity contribution in [3.63, 3.8) is 0 Å². The third-order valence-corrected chi connectivity index (χ3v) is 8.16. The second-order valence-electron chi connectivity index (χ2n) is 11.5. The van der Waals surface area contributed by atoms with Gasteiger partial charge in [-0.25, -0.2) is 0 Å². The predicted molar refractivity (Wildman–Crippen MR) is 164 cm³/mol. The molecule has 0 bridgehead atoms. The highest BCUT2D eigenvalue weighted by Gasteiger charge is 2.20. The number of rotatable bonds is 8. The van der Waals surface area contributed by atoms with Crippen LogP contribution in [0.2, 0.25) is 0 Å². The molecule has 210 valence electrons. The minimum atomic E-state index is -0.0221. The first-order valence-electron chi connectivity index (χ1n) is 14.9. The number of hydrogen-bond acceptors (Lipinski definition) is 4. The molecule has 2 fully saturated rings. The molecule has 0 saturated heterocycles. The molecule has 0 spiro atoms. The van der Waals surface area contributed by atoms with Gasteiger partial charge in [0.2, 0.25) is 0 Å². The molecule has 2 aliphatic rings. The van der Waals surface area contributed by atoms with Gasteiger partial charge in [0.1, 0.15) is 0 Å². The fraction of sp³-hybridized carbons (Fsp3) is 0.412. The summed E-state index contributed by atoms with van der Waals surface area (Å²) in [7, 11) is 0. The van der Waals surface area contributed by atoms with Crippen molar-refractivity contribution in [1.29, 1.82) is 0 Å². The molecule has 0 unspecified atom stereocenters. The third kappa shape index (κ3) is 7.23. The summed E-state index contributed by atoms with van der Waals surface area (Å²) >= 11 is 0. The van der Waals surface area contributed by atoms with Gasteiger partial charge in [-0.3, -0.25) is 9.59 Å². The third-order valence-electron chi connectivity index (χ3n) is 8.16. The van der Waals surface area contributed by atoms with Crippen molar-refractivity contribution in [3.8, 4) is 0 Å². The highest BCUT2D eigenvalue weighted by atomic mass is 16.2. The van der Waals surface area contributed by atoms with Crippen LogP contribution in [0.5, 0.6) is 0 Å². The van der Waals surface area contributed by atoms with E-state index in [1.807, 2.05) is 74.5 Å². The van der Waals surface area contributed by atoms with Crippen LogP contribution in [0.1, 0.15) is 96.1 Å². The van der Waals surface area contributed by atoms with Crippen LogP contribution in [0, 0.1) is 13.8 Å². The van der Waals surface area contributed by atoms with Crippen LogP contribution in [-0.2, 0) is 0 Å². The normalized spacial score (nSPS) is 16.2. The zero-order chi connectivity index (χ0) is 27.9. The number of anilines is 4. The van der Waals surface area contributed by atoms with Gasteiger partial charge in [-0.05, 0) is 99.2 Å². The Kier molecular flexibility index (Phi) is 9.04. The Hall–Kier alpha value is -3.80. The lowest BCUT2D eigenvalue weighted by Gasteiger charge is -2.23. The van der Waals surface area contributed by atoms with Crippen LogP contribution in [-0.4, -0.2) is 23.9 Å². The SMILES string of the molecule is Cc1ccc(C(=O)NC2CCCCC2)c(Nc2ccc(Nc3cc(C)ccc3C(=O)NC3CCCCC3)cc2)c1. The molecule has 3 aromatic carbocycles. The molecule has 2 saturated carbocycles. The Bertz CT molecular complexity index is 1220. The number of carbonyl (C=O) groups is 2. The molecule has 6 nitrogen and oxygen atoms in total. The lowest BCUT2D eigenvalue weighted by Crippen LogP contribution is -2.36. The molecule has 0 radical (unpaired) electrons. The van der Waals surface area contributed by atoms with Gasteiger partial charge in [0.15, 0.2) is 0 Å². The summed E-state index contributed by atoms with van der Waals surface area (Å²) in [5.74, 6) is -0.0441. The lowest BCUT2D eigenvalue weighted by atomic mass is 9.95. The van der Waals surface area contributed by atoms with Crippen LogP contribution in [0.4, 0.5) is 22.7 Å². The molecule has 2 aliphatic carbocycles. The van der Waals surface area contributed by atoms with Crippen LogP contribution < -0.4 is 21.3 Å². The van der Waals surface area contributed by atoms with E-state index in [0.29, 0.717) is 11.1 Å². The van der Waals surface area contributed by atoms with E-state index >= 15 is 0 Å². The number of amides is 2. The van der Waals surface area contributed by atoms with Crippen molar-refractivity contribution in [2.45, 2.75) is 90.1 Å². The first-order chi connectivity index (χ1) is 19.4. The number of nitrogens with one attached hydrogen (secondary N) is 4. The van der Waals surface area contributed by atoms with Crippen molar-refractivity contribution in [2.24, 2.45) is 0 Å². The van der Waals surface area contributed by atoms with Crippen LogP contribution in [0.15, 0.2) is 60.7 Å². The highest BCUT2D eigenvalue weighted by molar-refractivity contribution is 6.01. The molecule has 40 heavy (non-hydrogen) atoms. The second-order valence-corrected chi connectivity index (χ2v) is 11.5. The van der Waals surface area contributed by atoms with Gasteiger partial charge in [0.25, 0.3) is 11.8 Å². The maximum Gasteiger partial charge on any atom is 0.253 e. The Balaban J connectivity index is 1.27. The maximum absolute atomic E-state index is 13.1. The molecule has 3 aromatic rings. The first-order valence-corrected chi connectivity index (χ1v) is 14.9. The standard InChI is InChI=1S/C34H42N4O2/c1-23-13-19-29(33(39)37-25-9-5-3-6-10-25)31(21-23)35-27-15-17-28(18-16-27)36-32-22-24(2)14-20-30(32)34(40)38-26-11-7-4-8-12-26/h13-22,25-26,35-36H,3-12H2,1-2H3,(H,37,39)(H,38,40). The highest BCUT2D eigenvalue weighted by Crippen LogP contribution is 2.28. The van der Waals surface area contributed by atoms with E-state index in [2.05, 4.69) is 21.3 Å². The zero-order valence-corrected chi connectivity index (χ0v) is 23.8. The van der Waals surface area contributed by atoms with Crippen LogP contribution in [0.25, 0.3) is 0 Å². The average molecular weight is 539 g/mol. The van der Waals surface area contributed by atoms with Gasteiger partial charge in [0, 0.05) is 23.5 Å². The van der Waals surface area contributed by atoms with E-state index in [1.54, 1.807) is 0 Å². The number of carbonyl (C=O) groups excluding carboxylic acids is 2. The Morgan fingerprint density at radius 2 is 0.925 bits per heavy atom. The quantitative estimate of drug-likeness (QED) is 0.235. The lowest BCUT2D eigenvalue weighted by molar-refractivity contribution is 0.0920. The summed E-state index contributed by atoms with van der Waals surface area (Å²) in [6.45, 7) is 4.07. The van der Waals surface area contributed by atoms with E-state index in [9.17, 15) is 9.59 Å². The molecule has 0 atom stereocenters. The van der Waals surface area contributed by atoms with Gasteiger partial charge < -0.3 is 21.3 Å².